The first kappa shape index (κ1) is 15.3. The summed E-state index contributed by atoms with van der Waals surface area (Å²) in [5, 5.41) is 0. The van der Waals surface area contributed by atoms with Crippen molar-refractivity contribution in [2.45, 2.75) is 26.2 Å². The molecular formula is C19H21NSi. The Morgan fingerprint density at radius 3 is 2.33 bits per heavy atom. The van der Waals surface area contributed by atoms with Gasteiger partial charge in [-0.2, -0.15) is 0 Å². The minimum atomic E-state index is -1.35. The lowest BCUT2D eigenvalue weighted by Gasteiger charge is -2.04. The lowest BCUT2D eigenvalue weighted by atomic mass is 10.1. The van der Waals surface area contributed by atoms with Gasteiger partial charge in [-0.1, -0.05) is 74.1 Å². The van der Waals surface area contributed by atoms with Crippen molar-refractivity contribution in [1.82, 2.24) is 0 Å². The van der Waals surface area contributed by atoms with Crippen molar-refractivity contribution in [2.24, 2.45) is 4.99 Å². The van der Waals surface area contributed by atoms with E-state index in [4.69, 9.17) is 0 Å². The topological polar surface area (TPSA) is 12.4 Å². The van der Waals surface area contributed by atoms with Crippen LogP contribution in [0.15, 0.2) is 59.6 Å². The highest BCUT2D eigenvalue weighted by molar-refractivity contribution is 6.83. The summed E-state index contributed by atoms with van der Waals surface area (Å²) in [4.78, 5) is 4.54. The summed E-state index contributed by atoms with van der Waals surface area (Å²) in [6.07, 6.45) is 1.93. The predicted molar refractivity (Wildman–Crippen MR) is 94.4 cm³/mol. The maximum absolute atomic E-state index is 4.54. The van der Waals surface area contributed by atoms with Gasteiger partial charge in [-0.15, -0.1) is 5.54 Å². The zero-order valence-corrected chi connectivity index (χ0v) is 13.9. The molecule has 0 aliphatic carbocycles. The summed E-state index contributed by atoms with van der Waals surface area (Å²) in [7, 11) is -1.35. The minimum absolute atomic E-state index is 0.705. The fourth-order valence-corrected chi connectivity index (χ4v) is 2.32. The third-order valence-electron chi connectivity index (χ3n) is 2.88. The number of nitrogens with zero attached hydrogens (tertiary/aromatic N) is 1. The van der Waals surface area contributed by atoms with Crippen molar-refractivity contribution in [3.8, 4) is 11.5 Å². The Morgan fingerprint density at radius 1 is 0.952 bits per heavy atom. The highest BCUT2D eigenvalue weighted by Crippen LogP contribution is 2.07. The Kier molecular flexibility index (Phi) is 5.13. The molecule has 0 amide bonds. The van der Waals surface area contributed by atoms with E-state index in [-0.39, 0.29) is 0 Å². The van der Waals surface area contributed by atoms with Crippen LogP contribution in [0.1, 0.15) is 16.7 Å². The van der Waals surface area contributed by atoms with Crippen LogP contribution in [0.4, 0.5) is 0 Å². The molecule has 0 atom stereocenters. The van der Waals surface area contributed by atoms with Crippen molar-refractivity contribution in [3.63, 3.8) is 0 Å². The molecule has 2 aromatic rings. The van der Waals surface area contributed by atoms with Crippen molar-refractivity contribution < 1.29 is 0 Å². The van der Waals surface area contributed by atoms with Gasteiger partial charge in [0.1, 0.15) is 8.07 Å². The highest BCUT2D eigenvalue weighted by atomic mass is 28.3. The van der Waals surface area contributed by atoms with Gasteiger partial charge in [0.2, 0.25) is 0 Å². The van der Waals surface area contributed by atoms with Gasteiger partial charge in [0.15, 0.2) is 0 Å². The molecule has 0 spiro atoms. The van der Waals surface area contributed by atoms with Gasteiger partial charge < -0.3 is 0 Å². The second-order valence-corrected chi connectivity index (χ2v) is 10.8. The first-order valence-corrected chi connectivity index (χ1v) is 10.7. The van der Waals surface area contributed by atoms with Crippen LogP contribution in [-0.4, -0.2) is 14.3 Å². The van der Waals surface area contributed by atoms with Gasteiger partial charge in [0.05, 0.1) is 6.54 Å². The molecule has 2 rings (SSSR count). The first-order valence-electron chi connectivity index (χ1n) is 7.20. The molecule has 0 aliphatic heterocycles. The molecule has 0 fully saturated rings. The maximum atomic E-state index is 4.54. The molecule has 0 radical (unpaired) electrons. The van der Waals surface area contributed by atoms with Crippen LogP contribution in [0.2, 0.25) is 19.6 Å². The van der Waals surface area contributed by atoms with Crippen molar-refractivity contribution in [3.05, 3.63) is 71.3 Å². The highest BCUT2D eigenvalue weighted by Gasteiger charge is 2.07. The zero-order chi connectivity index (χ0) is 15.1. The molecule has 1 nitrogen and oxygen atoms in total. The Hall–Kier alpha value is -2.11. The van der Waals surface area contributed by atoms with E-state index in [0.29, 0.717) is 6.54 Å². The Bertz CT molecular complexity index is 670. The Balaban J connectivity index is 2.15. The standard InChI is InChI=1S/C19H21NSi/c1-21(2,3)14-13-18-11-7-8-12-19(18)16-20-15-17-9-5-4-6-10-17/h4-12,16H,15H2,1-3H3. The van der Waals surface area contributed by atoms with E-state index in [9.17, 15) is 0 Å². The molecular weight excluding hydrogens is 270 g/mol. The molecule has 0 saturated carbocycles. The Labute approximate surface area is 128 Å². The third-order valence-corrected chi connectivity index (χ3v) is 3.76. The third kappa shape index (κ3) is 5.41. The molecule has 0 aliphatic rings. The molecule has 0 saturated heterocycles. The van der Waals surface area contributed by atoms with Crippen molar-refractivity contribution in [2.75, 3.05) is 0 Å². The summed E-state index contributed by atoms with van der Waals surface area (Å²) in [5.41, 5.74) is 6.80. The van der Waals surface area contributed by atoms with Gasteiger partial charge in [0, 0.05) is 17.3 Å². The monoisotopic (exact) mass is 291 g/mol. The van der Waals surface area contributed by atoms with Gasteiger partial charge in [0.25, 0.3) is 0 Å². The summed E-state index contributed by atoms with van der Waals surface area (Å²) in [6.45, 7) is 7.47. The molecule has 106 valence electrons. The molecule has 0 unspecified atom stereocenters. The predicted octanol–water partition coefficient (Wildman–Crippen LogP) is 4.53. The van der Waals surface area contributed by atoms with Crippen LogP contribution < -0.4 is 0 Å². The number of aliphatic imine (C=N–C) groups is 1. The second kappa shape index (κ2) is 7.06. The summed E-state index contributed by atoms with van der Waals surface area (Å²) in [5.74, 6) is 3.32. The number of benzene rings is 2. The molecule has 0 heterocycles. The lowest BCUT2D eigenvalue weighted by molar-refractivity contribution is 1.08. The molecule has 2 heteroatoms. The van der Waals surface area contributed by atoms with Crippen LogP contribution in [-0.2, 0) is 6.54 Å². The van der Waals surface area contributed by atoms with Crippen LogP contribution in [0.25, 0.3) is 0 Å². The summed E-state index contributed by atoms with van der Waals surface area (Å²) >= 11 is 0. The molecule has 21 heavy (non-hydrogen) atoms. The average Bonchev–Trinajstić information content (AvgIpc) is 2.46. The number of hydrogen-bond donors (Lipinski definition) is 0. The maximum Gasteiger partial charge on any atom is 0.129 e. The van der Waals surface area contributed by atoms with E-state index >= 15 is 0 Å². The van der Waals surface area contributed by atoms with Gasteiger partial charge in [-0.3, -0.25) is 4.99 Å². The lowest BCUT2D eigenvalue weighted by Crippen LogP contribution is -2.16. The van der Waals surface area contributed by atoms with Crippen LogP contribution >= 0.6 is 0 Å². The van der Waals surface area contributed by atoms with E-state index in [1.807, 2.05) is 36.5 Å². The minimum Gasteiger partial charge on any atom is -0.288 e. The first-order chi connectivity index (χ1) is 10.0. The number of rotatable bonds is 3. The molecule has 0 N–H and O–H groups in total. The summed E-state index contributed by atoms with van der Waals surface area (Å²) in [6, 6.07) is 18.5. The van der Waals surface area contributed by atoms with Crippen LogP contribution in [0.5, 0.6) is 0 Å². The summed E-state index contributed by atoms with van der Waals surface area (Å²) < 4.78 is 0. The smallest absolute Gasteiger partial charge is 0.129 e. The molecule has 2 aromatic carbocycles. The van der Waals surface area contributed by atoms with Crippen LogP contribution in [0, 0.1) is 11.5 Å². The second-order valence-electron chi connectivity index (χ2n) is 6.04. The van der Waals surface area contributed by atoms with E-state index in [0.717, 1.165) is 11.1 Å². The number of hydrogen-bond acceptors (Lipinski definition) is 1. The fraction of sp³-hybridized carbons (Fsp3) is 0.211. The van der Waals surface area contributed by atoms with E-state index in [2.05, 4.69) is 60.4 Å². The van der Waals surface area contributed by atoms with E-state index in [1.165, 1.54) is 5.56 Å². The van der Waals surface area contributed by atoms with Crippen molar-refractivity contribution in [1.29, 1.82) is 0 Å². The molecule has 0 bridgehead atoms. The average molecular weight is 291 g/mol. The van der Waals surface area contributed by atoms with Crippen molar-refractivity contribution >= 4 is 14.3 Å². The van der Waals surface area contributed by atoms with E-state index < -0.39 is 8.07 Å². The Morgan fingerprint density at radius 2 is 1.62 bits per heavy atom. The largest absolute Gasteiger partial charge is 0.288 e. The van der Waals surface area contributed by atoms with Gasteiger partial charge in [-0.25, -0.2) is 0 Å². The van der Waals surface area contributed by atoms with Gasteiger partial charge in [-0.05, 0) is 11.6 Å². The van der Waals surface area contributed by atoms with E-state index in [1.54, 1.807) is 0 Å². The fourth-order valence-electron chi connectivity index (χ4n) is 1.81. The quantitative estimate of drug-likeness (QED) is 0.447. The zero-order valence-electron chi connectivity index (χ0n) is 12.9. The van der Waals surface area contributed by atoms with Gasteiger partial charge >= 0.3 is 0 Å². The molecule has 0 aromatic heterocycles. The normalized spacial score (nSPS) is 11.2. The SMILES string of the molecule is C[Si](C)(C)C#Cc1ccccc1C=NCc1ccccc1. The van der Waals surface area contributed by atoms with Crippen LogP contribution in [0.3, 0.4) is 0 Å².